The first-order chi connectivity index (χ1) is 6.87. The van der Waals surface area contributed by atoms with E-state index >= 15 is 0 Å². The number of hydrogen-bond donors (Lipinski definition) is 2. The lowest BCUT2D eigenvalue weighted by Gasteiger charge is -2.29. The topological polar surface area (TPSA) is 50.4 Å². The van der Waals surface area contributed by atoms with Gasteiger partial charge in [0.15, 0.2) is 0 Å². The first-order valence-corrected chi connectivity index (χ1v) is 5.60. The molecular formula is C11H22N2O2. The summed E-state index contributed by atoms with van der Waals surface area (Å²) in [6.07, 6.45) is 1.64. The minimum absolute atomic E-state index is 0.246. The highest BCUT2D eigenvalue weighted by Gasteiger charge is 2.22. The molecule has 15 heavy (non-hydrogen) atoms. The highest BCUT2D eigenvalue weighted by molar-refractivity contribution is 5.68. The zero-order valence-corrected chi connectivity index (χ0v) is 10.1. The van der Waals surface area contributed by atoms with Crippen LogP contribution in [0.25, 0.3) is 0 Å². The normalized spacial score (nSPS) is 27.2. The van der Waals surface area contributed by atoms with Crippen LogP contribution in [0.4, 0.5) is 4.79 Å². The van der Waals surface area contributed by atoms with E-state index in [0.717, 1.165) is 19.4 Å². The molecule has 1 rings (SSSR count). The van der Waals surface area contributed by atoms with Gasteiger partial charge in [0, 0.05) is 12.1 Å². The third kappa shape index (κ3) is 5.02. The average Bonchev–Trinajstić information content (AvgIpc) is 1.99. The molecular weight excluding hydrogens is 192 g/mol. The molecule has 0 saturated carbocycles. The number of hydrogen-bond acceptors (Lipinski definition) is 3. The summed E-state index contributed by atoms with van der Waals surface area (Å²) < 4.78 is 5.21. The molecule has 2 N–H and O–H groups in total. The van der Waals surface area contributed by atoms with Gasteiger partial charge in [-0.3, -0.25) is 0 Å². The van der Waals surface area contributed by atoms with Crippen molar-refractivity contribution in [2.45, 2.75) is 58.2 Å². The lowest BCUT2D eigenvalue weighted by molar-refractivity contribution is 0.0491. The molecule has 4 nitrogen and oxygen atoms in total. The lowest BCUT2D eigenvalue weighted by Crippen LogP contribution is -2.47. The van der Waals surface area contributed by atoms with Crippen molar-refractivity contribution in [3.63, 3.8) is 0 Å². The van der Waals surface area contributed by atoms with Crippen LogP contribution in [0.15, 0.2) is 0 Å². The van der Waals surface area contributed by atoms with Crippen LogP contribution >= 0.6 is 0 Å². The van der Waals surface area contributed by atoms with Gasteiger partial charge < -0.3 is 15.4 Å². The van der Waals surface area contributed by atoms with E-state index in [4.69, 9.17) is 4.74 Å². The summed E-state index contributed by atoms with van der Waals surface area (Å²) in [6.45, 7) is 8.71. The van der Waals surface area contributed by atoms with Crippen molar-refractivity contribution in [3.05, 3.63) is 0 Å². The standard InChI is InChI=1S/C11H22N2O2/c1-8-7-9(5-6-12-8)13-10(14)15-11(2,3)4/h8-9,12H,5-7H2,1-4H3,(H,13,14)/t8-,9+/m1/s1. The molecule has 0 radical (unpaired) electrons. The maximum absolute atomic E-state index is 11.5. The monoisotopic (exact) mass is 214 g/mol. The summed E-state index contributed by atoms with van der Waals surface area (Å²) in [5.41, 5.74) is -0.414. The molecule has 2 atom stereocenters. The fraction of sp³-hybridized carbons (Fsp3) is 0.909. The summed E-state index contributed by atoms with van der Waals surface area (Å²) in [5.74, 6) is 0. The predicted octanol–water partition coefficient (Wildman–Crippen LogP) is 1.65. The third-order valence-corrected chi connectivity index (χ3v) is 2.34. The van der Waals surface area contributed by atoms with Gasteiger partial charge in [-0.15, -0.1) is 0 Å². The SMILES string of the molecule is C[C@@H]1C[C@@H](NC(=O)OC(C)(C)C)CCN1. The fourth-order valence-electron chi connectivity index (χ4n) is 1.74. The van der Waals surface area contributed by atoms with Crippen LogP contribution in [-0.4, -0.2) is 30.3 Å². The second-order valence-electron chi connectivity index (χ2n) is 5.22. The lowest BCUT2D eigenvalue weighted by atomic mass is 10.0. The van der Waals surface area contributed by atoms with Gasteiger partial charge in [0.25, 0.3) is 0 Å². The Hall–Kier alpha value is -0.770. The maximum Gasteiger partial charge on any atom is 0.407 e. The van der Waals surface area contributed by atoms with Gasteiger partial charge in [0.1, 0.15) is 5.60 Å². The van der Waals surface area contributed by atoms with E-state index in [1.165, 1.54) is 0 Å². The van der Waals surface area contributed by atoms with E-state index in [2.05, 4.69) is 17.6 Å². The Morgan fingerprint density at radius 3 is 2.67 bits per heavy atom. The average molecular weight is 214 g/mol. The molecule has 4 heteroatoms. The van der Waals surface area contributed by atoms with E-state index < -0.39 is 5.60 Å². The van der Waals surface area contributed by atoms with Crippen molar-refractivity contribution in [2.75, 3.05) is 6.54 Å². The highest BCUT2D eigenvalue weighted by Crippen LogP contribution is 2.11. The quantitative estimate of drug-likeness (QED) is 0.698. The van der Waals surface area contributed by atoms with Gasteiger partial charge in [-0.05, 0) is 47.1 Å². The molecule has 0 aromatic rings. The molecule has 1 heterocycles. The van der Waals surface area contributed by atoms with Crippen molar-refractivity contribution < 1.29 is 9.53 Å². The molecule has 0 unspecified atom stereocenters. The summed E-state index contributed by atoms with van der Waals surface area (Å²) in [4.78, 5) is 11.5. The van der Waals surface area contributed by atoms with Crippen molar-refractivity contribution >= 4 is 6.09 Å². The minimum Gasteiger partial charge on any atom is -0.444 e. The van der Waals surface area contributed by atoms with Crippen LogP contribution < -0.4 is 10.6 Å². The van der Waals surface area contributed by atoms with E-state index in [0.29, 0.717) is 6.04 Å². The van der Waals surface area contributed by atoms with Crippen LogP contribution in [-0.2, 0) is 4.74 Å². The molecule has 0 aromatic heterocycles. The van der Waals surface area contributed by atoms with Crippen molar-refractivity contribution in [1.82, 2.24) is 10.6 Å². The molecule has 0 aliphatic carbocycles. The molecule has 1 aliphatic rings. The number of ether oxygens (including phenoxy) is 1. The first kappa shape index (κ1) is 12.3. The van der Waals surface area contributed by atoms with Crippen molar-refractivity contribution in [2.24, 2.45) is 0 Å². The van der Waals surface area contributed by atoms with Gasteiger partial charge in [0.2, 0.25) is 0 Å². The Kier molecular flexibility index (Phi) is 3.97. The molecule has 1 amide bonds. The van der Waals surface area contributed by atoms with E-state index in [1.54, 1.807) is 0 Å². The number of piperidine rings is 1. The third-order valence-electron chi connectivity index (χ3n) is 2.34. The Morgan fingerprint density at radius 1 is 1.47 bits per heavy atom. The van der Waals surface area contributed by atoms with Gasteiger partial charge in [-0.1, -0.05) is 0 Å². The van der Waals surface area contributed by atoms with Gasteiger partial charge in [0.05, 0.1) is 0 Å². The number of rotatable bonds is 1. The molecule has 0 spiro atoms. The van der Waals surface area contributed by atoms with Crippen LogP contribution in [0.2, 0.25) is 0 Å². The number of carbonyl (C=O) groups excluding carboxylic acids is 1. The molecule has 88 valence electrons. The van der Waals surface area contributed by atoms with Crippen molar-refractivity contribution in [3.8, 4) is 0 Å². The van der Waals surface area contributed by atoms with Crippen LogP contribution in [0.1, 0.15) is 40.5 Å². The van der Waals surface area contributed by atoms with Crippen LogP contribution in [0.5, 0.6) is 0 Å². The Labute approximate surface area is 91.8 Å². The summed E-state index contributed by atoms with van der Waals surface area (Å²) in [5, 5.41) is 6.25. The zero-order chi connectivity index (χ0) is 11.5. The summed E-state index contributed by atoms with van der Waals surface area (Å²) >= 11 is 0. The Morgan fingerprint density at radius 2 is 2.13 bits per heavy atom. The molecule has 0 bridgehead atoms. The number of amides is 1. The Bertz CT molecular complexity index is 223. The number of nitrogens with one attached hydrogen (secondary N) is 2. The zero-order valence-electron chi connectivity index (χ0n) is 10.1. The predicted molar refractivity (Wildman–Crippen MR) is 59.9 cm³/mol. The first-order valence-electron chi connectivity index (χ1n) is 5.60. The Balaban J connectivity index is 2.31. The second-order valence-corrected chi connectivity index (χ2v) is 5.22. The van der Waals surface area contributed by atoms with Crippen LogP contribution in [0, 0.1) is 0 Å². The van der Waals surface area contributed by atoms with Gasteiger partial charge >= 0.3 is 6.09 Å². The molecule has 1 fully saturated rings. The van der Waals surface area contributed by atoms with E-state index in [1.807, 2.05) is 20.8 Å². The van der Waals surface area contributed by atoms with Gasteiger partial charge in [-0.25, -0.2) is 4.79 Å². The largest absolute Gasteiger partial charge is 0.444 e. The molecule has 0 aromatic carbocycles. The molecule has 1 saturated heterocycles. The molecule has 1 aliphatic heterocycles. The highest BCUT2D eigenvalue weighted by atomic mass is 16.6. The smallest absolute Gasteiger partial charge is 0.407 e. The number of alkyl carbamates (subject to hydrolysis) is 1. The number of carbonyl (C=O) groups is 1. The maximum atomic E-state index is 11.5. The minimum atomic E-state index is -0.414. The second kappa shape index (κ2) is 4.84. The van der Waals surface area contributed by atoms with Gasteiger partial charge in [-0.2, -0.15) is 0 Å². The summed E-state index contributed by atoms with van der Waals surface area (Å²) in [7, 11) is 0. The fourth-order valence-corrected chi connectivity index (χ4v) is 1.74. The summed E-state index contributed by atoms with van der Waals surface area (Å²) in [6, 6.07) is 0.717. The van der Waals surface area contributed by atoms with E-state index in [-0.39, 0.29) is 12.1 Å². The van der Waals surface area contributed by atoms with E-state index in [9.17, 15) is 4.79 Å². The van der Waals surface area contributed by atoms with Crippen LogP contribution in [0.3, 0.4) is 0 Å². The van der Waals surface area contributed by atoms with Crippen molar-refractivity contribution in [1.29, 1.82) is 0 Å².